The van der Waals surface area contributed by atoms with Crippen LogP contribution in [0.2, 0.25) is 0 Å². The topological polar surface area (TPSA) is 143 Å². The Morgan fingerprint density at radius 3 is 1.68 bits per heavy atom. The first-order valence-corrected chi connectivity index (χ1v) is 12.6. The number of hydrogen-bond donors (Lipinski definition) is 1. The van der Waals surface area contributed by atoms with Gasteiger partial charge in [-0.15, -0.1) is 0 Å². The lowest BCUT2D eigenvalue weighted by molar-refractivity contribution is -0.0640. The fourth-order valence-electron chi connectivity index (χ4n) is 4.31. The van der Waals surface area contributed by atoms with Gasteiger partial charge in [-0.05, 0) is 36.4 Å². The van der Waals surface area contributed by atoms with Gasteiger partial charge in [0.1, 0.15) is 12.7 Å². The van der Waals surface area contributed by atoms with Gasteiger partial charge >= 0.3 is 23.6 Å². The molecule has 0 amide bonds. The lowest BCUT2D eigenvalue weighted by Crippen LogP contribution is -2.43. The quantitative estimate of drug-likeness (QED) is 0.256. The molecule has 1 aromatic heterocycles. The highest BCUT2D eigenvalue weighted by Crippen LogP contribution is 2.34. The number of H-pyrrole nitrogens is 1. The summed E-state index contributed by atoms with van der Waals surface area (Å²) in [6.45, 7) is -0.408. The number of nitrogens with zero attached hydrogens (tertiary/aromatic N) is 1. The van der Waals surface area contributed by atoms with Crippen molar-refractivity contribution in [1.82, 2.24) is 9.55 Å². The molecule has 4 atom stereocenters. The number of esters is 3. The molecule has 208 valence electrons. The molecule has 1 fully saturated rings. The normalized spacial score (nSPS) is 19.7. The third-order valence-corrected chi connectivity index (χ3v) is 6.30. The molecule has 4 aromatic rings. The Morgan fingerprint density at radius 2 is 1.17 bits per heavy atom. The lowest BCUT2D eigenvalue weighted by Gasteiger charge is -2.25. The molecule has 0 radical (unpaired) electrons. The van der Waals surface area contributed by atoms with E-state index in [1.54, 1.807) is 66.7 Å². The second kappa shape index (κ2) is 12.3. The first-order valence-electron chi connectivity index (χ1n) is 12.6. The highest BCUT2D eigenvalue weighted by molar-refractivity contribution is 5.91. The van der Waals surface area contributed by atoms with Gasteiger partial charge in [0, 0.05) is 12.3 Å². The zero-order valence-electron chi connectivity index (χ0n) is 21.5. The second-order valence-corrected chi connectivity index (χ2v) is 9.02. The van der Waals surface area contributed by atoms with Crippen molar-refractivity contribution in [3.8, 4) is 0 Å². The summed E-state index contributed by atoms with van der Waals surface area (Å²) in [4.78, 5) is 65.5. The van der Waals surface area contributed by atoms with Crippen molar-refractivity contribution >= 4 is 17.9 Å². The first-order chi connectivity index (χ1) is 19.9. The van der Waals surface area contributed by atoms with Crippen molar-refractivity contribution < 1.29 is 33.3 Å². The van der Waals surface area contributed by atoms with Crippen LogP contribution < -0.4 is 11.2 Å². The van der Waals surface area contributed by atoms with Crippen molar-refractivity contribution in [3.05, 3.63) is 141 Å². The summed E-state index contributed by atoms with van der Waals surface area (Å²) >= 11 is 0. The van der Waals surface area contributed by atoms with Crippen LogP contribution in [0.5, 0.6) is 0 Å². The van der Waals surface area contributed by atoms with Crippen LogP contribution >= 0.6 is 0 Å². The van der Waals surface area contributed by atoms with E-state index in [0.717, 1.165) is 10.6 Å². The first kappa shape index (κ1) is 27.3. The molecule has 1 aliphatic rings. The van der Waals surface area contributed by atoms with E-state index in [0.29, 0.717) is 0 Å². The minimum atomic E-state index is -1.38. The standard InChI is InChI=1S/C30H24N2O9/c33-23-16-17-32(30(37)31-23)26-25(41-29(36)21-14-8-3-9-15-21)24(40-28(35)20-12-6-2-7-13-20)22(39-26)18-38-27(34)19-10-4-1-5-11-19/h1-17,22,24-26H,18H2,(H,31,33,37)/t22-,24-,25-,26-/m1/s1. The average Bonchev–Trinajstić information content (AvgIpc) is 3.33. The Bertz CT molecular complexity index is 1640. The van der Waals surface area contributed by atoms with Gasteiger partial charge in [0.15, 0.2) is 18.4 Å². The predicted molar refractivity (Wildman–Crippen MR) is 143 cm³/mol. The van der Waals surface area contributed by atoms with Gasteiger partial charge in [-0.25, -0.2) is 19.2 Å². The van der Waals surface area contributed by atoms with Crippen LogP contribution in [0, 0.1) is 0 Å². The molecule has 0 spiro atoms. The molecule has 3 aromatic carbocycles. The van der Waals surface area contributed by atoms with Gasteiger partial charge in [-0.1, -0.05) is 54.6 Å². The van der Waals surface area contributed by atoms with Crippen LogP contribution in [-0.4, -0.2) is 52.4 Å². The molecule has 0 bridgehead atoms. The molecule has 1 aliphatic heterocycles. The molecule has 1 N–H and O–H groups in total. The van der Waals surface area contributed by atoms with E-state index in [1.165, 1.54) is 30.5 Å². The number of benzene rings is 3. The van der Waals surface area contributed by atoms with Crippen LogP contribution in [0.3, 0.4) is 0 Å². The Kier molecular flexibility index (Phi) is 8.16. The molecule has 0 saturated carbocycles. The van der Waals surface area contributed by atoms with Crippen molar-refractivity contribution in [2.45, 2.75) is 24.5 Å². The predicted octanol–water partition coefficient (Wildman–Crippen LogP) is 2.74. The summed E-state index contributed by atoms with van der Waals surface area (Å²) in [7, 11) is 0. The summed E-state index contributed by atoms with van der Waals surface area (Å²) in [5, 5.41) is 0. The van der Waals surface area contributed by atoms with E-state index in [2.05, 4.69) is 4.98 Å². The van der Waals surface area contributed by atoms with E-state index < -0.39 is 60.3 Å². The average molecular weight is 557 g/mol. The van der Waals surface area contributed by atoms with E-state index >= 15 is 0 Å². The van der Waals surface area contributed by atoms with Crippen LogP contribution in [0.15, 0.2) is 113 Å². The minimum absolute atomic E-state index is 0.201. The Morgan fingerprint density at radius 1 is 0.683 bits per heavy atom. The van der Waals surface area contributed by atoms with Gasteiger partial charge in [0.25, 0.3) is 5.56 Å². The van der Waals surface area contributed by atoms with Gasteiger partial charge in [-0.3, -0.25) is 14.3 Å². The van der Waals surface area contributed by atoms with Gasteiger partial charge < -0.3 is 18.9 Å². The molecular weight excluding hydrogens is 532 g/mol. The molecule has 1 saturated heterocycles. The third-order valence-electron chi connectivity index (χ3n) is 6.30. The van der Waals surface area contributed by atoms with Crippen molar-refractivity contribution in [3.63, 3.8) is 0 Å². The second-order valence-electron chi connectivity index (χ2n) is 9.02. The van der Waals surface area contributed by atoms with Crippen LogP contribution in [0.25, 0.3) is 0 Å². The summed E-state index contributed by atoms with van der Waals surface area (Å²) < 4.78 is 24.1. The zero-order valence-corrected chi connectivity index (χ0v) is 21.5. The maximum absolute atomic E-state index is 13.1. The summed E-state index contributed by atoms with van der Waals surface area (Å²) in [6.07, 6.45) is -4.03. The maximum Gasteiger partial charge on any atom is 0.338 e. The van der Waals surface area contributed by atoms with Crippen molar-refractivity contribution in [2.75, 3.05) is 6.61 Å². The number of aromatic amines is 1. The zero-order chi connectivity index (χ0) is 28.8. The molecule has 0 unspecified atom stereocenters. The monoisotopic (exact) mass is 556 g/mol. The lowest BCUT2D eigenvalue weighted by atomic mass is 10.1. The van der Waals surface area contributed by atoms with E-state index in [1.807, 2.05) is 0 Å². The molecule has 2 heterocycles. The molecule has 5 rings (SSSR count). The summed E-state index contributed by atoms with van der Waals surface area (Å²) in [5.41, 5.74) is -0.804. The minimum Gasteiger partial charge on any atom is -0.459 e. The number of carbonyl (C=O) groups excluding carboxylic acids is 3. The SMILES string of the molecule is O=C(OC[C@H]1O[C@@H](n2ccc(=O)[nH]c2=O)[C@H](OC(=O)c2ccccc2)[C@@H]1OC(=O)c1ccccc1)c1ccccc1. The van der Waals surface area contributed by atoms with Gasteiger partial charge in [0.2, 0.25) is 0 Å². The van der Waals surface area contributed by atoms with Crippen LogP contribution in [-0.2, 0) is 18.9 Å². The largest absolute Gasteiger partial charge is 0.459 e. The number of carbonyl (C=O) groups is 3. The Balaban J connectivity index is 1.50. The number of ether oxygens (including phenoxy) is 4. The van der Waals surface area contributed by atoms with Crippen molar-refractivity contribution in [1.29, 1.82) is 0 Å². The summed E-state index contributed by atoms with van der Waals surface area (Å²) in [6, 6.07) is 25.5. The molecule has 0 aliphatic carbocycles. The van der Waals surface area contributed by atoms with Crippen molar-refractivity contribution in [2.24, 2.45) is 0 Å². The number of nitrogens with one attached hydrogen (secondary N) is 1. The maximum atomic E-state index is 13.1. The molecule has 41 heavy (non-hydrogen) atoms. The van der Waals surface area contributed by atoms with Gasteiger partial charge in [0.05, 0.1) is 16.7 Å². The smallest absolute Gasteiger partial charge is 0.338 e. The molecule has 11 nitrogen and oxygen atoms in total. The van der Waals surface area contributed by atoms with E-state index in [-0.39, 0.29) is 16.7 Å². The van der Waals surface area contributed by atoms with Crippen LogP contribution in [0.4, 0.5) is 0 Å². The number of aromatic nitrogens is 2. The fraction of sp³-hybridized carbons (Fsp3) is 0.167. The molecular formula is C30H24N2O9. The fourth-order valence-corrected chi connectivity index (χ4v) is 4.31. The molecule has 11 heteroatoms. The Hall–Kier alpha value is -5.29. The number of rotatable bonds is 8. The van der Waals surface area contributed by atoms with Gasteiger partial charge in [-0.2, -0.15) is 0 Å². The Labute approximate surface area is 232 Å². The third kappa shape index (κ3) is 6.31. The van der Waals surface area contributed by atoms with Crippen LogP contribution in [0.1, 0.15) is 37.3 Å². The van der Waals surface area contributed by atoms with E-state index in [4.69, 9.17) is 18.9 Å². The summed E-state index contributed by atoms with van der Waals surface area (Å²) in [5.74, 6) is -2.19. The number of hydrogen-bond acceptors (Lipinski definition) is 9. The van der Waals surface area contributed by atoms with E-state index in [9.17, 15) is 24.0 Å². The highest BCUT2D eigenvalue weighted by Gasteiger charge is 2.51. The highest BCUT2D eigenvalue weighted by atomic mass is 16.7.